The molecule has 1 heterocycles. The first-order valence-corrected chi connectivity index (χ1v) is 6.22. The van der Waals surface area contributed by atoms with Crippen molar-refractivity contribution < 1.29 is 9.72 Å². The van der Waals surface area contributed by atoms with E-state index in [0.717, 1.165) is 5.56 Å². The van der Waals surface area contributed by atoms with Gasteiger partial charge in [0.2, 0.25) is 0 Å². The Balaban J connectivity index is 2.30. The standard InChI is InChI=1S/C14H14N4O3/c1-9-2-3-13(18(20)21)12(6-9)17-14(19)10-4-5-16-11(7-10)8-15/h2-7H,8,15H2,1H3,(H,17,19). The minimum Gasteiger partial charge on any atom is -0.325 e. The van der Waals surface area contributed by atoms with Crippen LogP contribution < -0.4 is 11.1 Å². The molecule has 1 amide bonds. The number of hydrogen-bond acceptors (Lipinski definition) is 5. The highest BCUT2D eigenvalue weighted by Crippen LogP contribution is 2.25. The van der Waals surface area contributed by atoms with Crippen LogP contribution in [0.4, 0.5) is 11.4 Å². The predicted octanol–water partition coefficient (Wildman–Crippen LogP) is 2.01. The second-order valence-corrected chi connectivity index (χ2v) is 4.47. The summed E-state index contributed by atoms with van der Waals surface area (Å²) in [6.45, 7) is 2.00. The molecule has 21 heavy (non-hydrogen) atoms. The molecule has 0 fully saturated rings. The first-order chi connectivity index (χ1) is 10.0. The average Bonchev–Trinajstić information content (AvgIpc) is 2.47. The third-order valence-electron chi connectivity index (χ3n) is 2.88. The number of rotatable bonds is 4. The average molecular weight is 286 g/mol. The number of nitrogens with zero attached hydrogens (tertiary/aromatic N) is 2. The zero-order valence-electron chi connectivity index (χ0n) is 11.4. The lowest BCUT2D eigenvalue weighted by atomic mass is 10.1. The maximum absolute atomic E-state index is 12.2. The molecular formula is C14H14N4O3. The zero-order valence-corrected chi connectivity index (χ0v) is 11.4. The summed E-state index contributed by atoms with van der Waals surface area (Å²) in [6, 6.07) is 7.61. The van der Waals surface area contributed by atoms with Crippen LogP contribution in [0.1, 0.15) is 21.6 Å². The van der Waals surface area contributed by atoms with E-state index in [1.165, 1.54) is 18.3 Å². The minimum atomic E-state index is -0.535. The number of aromatic nitrogens is 1. The van der Waals surface area contributed by atoms with Gasteiger partial charge in [-0.3, -0.25) is 19.9 Å². The van der Waals surface area contributed by atoms with Crippen molar-refractivity contribution in [1.82, 2.24) is 4.98 Å². The SMILES string of the molecule is Cc1ccc([N+](=O)[O-])c(NC(=O)c2ccnc(CN)c2)c1. The topological polar surface area (TPSA) is 111 Å². The molecule has 0 unspecified atom stereocenters. The van der Waals surface area contributed by atoms with Gasteiger partial charge in [-0.25, -0.2) is 0 Å². The maximum Gasteiger partial charge on any atom is 0.292 e. The number of pyridine rings is 1. The normalized spacial score (nSPS) is 10.2. The van der Waals surface area contributed by atoms with Crippen LogP contribution in [-0.2, 0) is 6.54 Å². The van der Waals surface area contributed by atoms with Crippen molar-refractivity contribution in [2.24, 2.45) is 5.73 Å². The molecule has 0 aliphatic rings. The van der Waals surface area contributed by atoms with E-state index in [4.69, 9.17) is 5.73 Å². The van der Waals surface area contributed by atoms with Crippen LogP contribution in [0.5, 0.6) is 0 Å². The Bertz CT molecular complexity index is 700. The molecule has 7 heteroatoms. The molecule has 0 aliphatic carbocycles. The van der Waals surface area contributed by atoms with E-state index in [1.807, 2.05) is 0 Å². The van der Waals surface area contributed by atoms with Crippen LogP contribution in [0.2, 0.25) is 0 Å². The highest BCUT2D eigenvalue weighted by atomic mass is 16.6. The van der Waals surface area contributed by atoms with Crippen molar-refractivity contribution in [3.63, 3.8) is 0 Å². The van der Waals surface area contributed by atoms with Crippen molar-refractivity contribution in [3.05, 3.63) is 63.5 Å². The number of nitrogens with one attached hydrogen (secondary N) is 1. The molecule has 1 aromatic carbocycles. The van der Waals surface area contributed by atoms with Gasteiger partial charge in [0.15, 0.2) is 0 Å². The number of nitro groups is 1. The van der Waals surface area contributed by atoms with Crippen LogP contribution in [-0.4, -0.2) is 15.8 Å². The molecule has 2 rings (SSSR count). The highest BCUT2D eigenvalue weighted by Gasteiger charge is 2.16. The first-order valence-electron chi connectivity index (χ1n) is 6.22. The number of aryl methyl sites for hydroxylation is 1. The molecule has 0 aliphatic heterocycles. The summed E-state index contributed by atoms with van der Waals surface area (Å²) in [6.07, 6.45) is 1.47. The number of anilines is 1. The molecule has 0 radical (unpaired) electrons. The summed E-state index contributed by atoms with van der Waals surface area (Å²) in [4.78, 5) is 26.6. The maximum atomic E-state index is 12.2. The highest BCUT2D eigenvalue weighted by molar-refractivity contribution is 6.05. The predicted molar refractivity (Wildman–Crippen MR) is 77.9 cm³/mol. The van der Waals surface area contributed by atoms with Crippen molar-refractivity contribution >= 4 is 17.3 Å². The number of carbonyl (C=O) groups excluding carboxylic acids is 1. The van der Waals surface area contributed by atoms with Crippen molar-refractivity contribution in [3.8, 4) is 0 Å². The largest absolute Gasteiger partial charge is 0.325 e. The monoisotopic (exact) mass is 286 g/mol. The Hall–Kier alpha value is -2.80. The molecule has 0 spiro atoms. The number of carbonyl (C=O) groups is 1. The molecule has 0 bridgehead atoms. The Morgan fingerprint density at radius 1 is 1.38 bits per heavy atom. The van der Waals surface area contributed by atoms with Crippen LogP contribution in [0.15, 0.2) is 36.5 Å². The molecular weight excluding hydrogens is 272 g/mol. The third-order valence-corrected chi connectivity index (χ3v) is 2.88. The Kier molecular flexibility index (Phi) is 4.24. The van der Waals surface area contributed by atoms with E-state index < -0.39 is 10.8 Å². The Morgan fingerprint density at radius 2 is 2.14 bits per heavy atom. The van der Waals surface area contributed by atoms with E-state index in [2.05, 4.69) is 10.3 Å². The van der Waals surface area contributed by atoms with E-state index in [9.17, 15) is 14.9 Å². The summed E-state index contributed by atoms with van der Waals surface area (Å²) in [5.41, 5.74) is 7.22. The van der Waals surface area contributed by atoms with Gasteiger partial charge in [0.05, 0.1) is 10.6 Å². The molecule has 2 aromatic rings. The number of nitro benzene ring substituents is 1. The van der Waals surface area contributed by atoms with Crippen LogP contribution >= 0.6 is 0 Å². The van der Waals surface area contributed by atoms with Gasteiger partial charge in [-0.05, 0) is 30.7 Å². The number of nitrogens with two attached hydrogens (primary N) is 1. The number of amides is 1. The summed E-state index contributed by atoms with van der Waals surface area (Å²) in [5.74, 6) is -0.444. The van der Waals surface area contributed by atoms with E-state index >= 15 is 0 Å². The fourth-order valence-corrected chi connectivity index (χ4v) is 1.83. The van der Waals surface area contributed by atoms with Crippen molar-refractivity contribution in [1.29, 1.82) is 0 Å². The second kappa shape index (κ2) is 6.10. The molecule has 0 atom stereocenters. The summed E-state index contributed by atoms with van der Waals surface area (Å²) in [5, 5.41) is 13.5. The number of hydrogen-bond donors (Lipinski definition) is 2. The van der Waals surface area contributed by atoms with Crippen molar-refractivity contribution in [2.75, 3.05) is 5.32 Å². The van der Waals surface area contributed by atoms with E-state index in [-0.39, 0.29) is 17.9 Å². The first kappa shape index (κ1) is 14.6. The zero-order chi connectivity index (χ0) is 15.4. The van der Waals surface area contributed by atoms with E-state index in [0.29, 0.717) is 11.3 Å². The molecule has 0 saturated carbocycles. The smallest absolute Gasteiger partial charge is 0.292 e. The second-order valence-electron chi connectivity index (χ2n) is 4.47. The van der Waals surface area contributed by atoms with Gasteiger partial charge < -0.3 is 11.1 Å². The fourth-order valence-electron chi connectivity index (χ4n) is 1.83. The summed E-state index contributed by atoms with van der Waals surface area (Å²) in [7, 11) is 0. The van der Waals surface area contributed by atoms with Gasteiger partial charge in [-0.2, -0.15) is 0 Å². The van der Waals surface area contributed by atoms with Crippen molar-refractivity contribution in [2.45, 2.75) is 13.5 Å². The summed E-state index contributed by atoms with van der Waals surface area (Å²) < 4.78 is 0. The minimum absolute atomic E-state index is 0.151. The molecule has 7 nitrogen and oxygen atoms in total. The molecule has 108 valence electrons. The van der Waals surface area contributed by atoms with Gasteiger partial charge >= 0.3 is 0 Å². The molecule has 1 aromatic heterocycles. The van der Waals surface area contributed by atoms with Crippen LogP contribution in [0.3, 0.4) is 0 Å². The van der Waals surface area contributed by atoms with Gasteiger partial charge in [0, 0.05) is 24.4 Å². The lowest BCUT2D eigenvalue weighted by molar-refractivity contribution is -0.383. The lowest BCUT2D eigenvalue weighted by Gasteiger charge is -2.07. The van der Waals surface area contributed by atoms with Gasteiger partial charge in [0.25, 0.3) is 11.6 Å². The van der Waals surface area contributed by atoms with Gasteiger partial charge in [-0.1, -0.05) is 6.07 Å². The lowest BCUT2D eigenvalue weighted by Crippen LogP contribution is -2.14. The number of benzene rings is 1. The Labute approximate surface area is 121 Å². The third kappa shape index (κ3) is 3.40. The Morgan fingerprint density at radius 3 is 2.81 bits per heavy atom. The molecule has 3 N–H and O–H groups in total. The van der Waals surface area contributed by atoms with Crippen LogP contribution in [0, 0.1) is 17.0 Å². The molecule has 0 saturated heterocycles. The van der Waals surface area contributed by atoms with Gasteiger partial charge in [0.1, 0.15) is 5.69 Å². The quantitative estimate of drug-likeness (QED) is 0.659. The fraction of sp³-hybridized carbons (Fsp3) is 0.143. The van der Waals surface area contributed by atoms with E-state index in [1.54, 1.807) is 25.1 Å². The van der Waals surface area contributed by atoms with Gasteiger partial charge in [-0.15, -0.1) is 0 Å². The van der Waals surface area contributed by atoms with Crippen LogP contribution in [0.25, 0.3) is 0 Å². The summed E-state index contributed by atoms with van der Waals surface area (Å²) >= 11 is 0.